The first kappa shape index (κ1) is 11.6. The summed E-state index contributed by atoms with van der Waals surface area (Å²) >= 11 is 0. The summed E-state index contributed by atoms with van der Waals surface area (Å²) in [6, 6.07) is 5.98. The molecule has 0 aliphatic heterocycles. The van der Waals surface area contributed by atoms with Crippen molar-refractivity contribution >= 4 is 5.97 Å². The van der Waals surface area contributed by atoms with Crippen molar-refractivity contribution in [1.82, 2.24) is 0 Å². The molecule has 4 heteroatoms. The van der Waals surface area contributed by atoms with Gasteiger partial charge in [-0.05, 0) is 18.4 Å². The van der Waals surface area contributed by atoms with Gasteiger partial charge in [0.25, 0.3) is 6.43 Å². The van der Waals surface area contributed by atoms with Crippen LogP contribution in [0.5, 0.6) is 0 Å². The molecule has 0 saturated heterocycles. The Morgan fingerprint density at radius 2 is 1.87 bits per heavy atom. The summed E-state index contributed by atoms with van der Waals surface area (Å²) in [6.07, 6.45) is -1.20. The number of rotatable bonds is 5. The molecule has 1 rings (SSSR count). The quantitative estimate of drug-likeness (QED) is 0.817. The molecule has 0 saturated carbocycles. The number of alkyl halides is 2. The summed E-state index contributed by atoms with van der Waals surface area (Å²) in [4.78, 5) is 10.2. The zero-order chi connectivity index (χ0) is 11.3. The average molecular weight is 214 g/mol. The molecule has 15 heavy (non-hydrogen) atoms. The predicted molar refractivity (Wildman–Crippen MR) is 52.0 cm³/mol. The molecule has 0 spiro atoms. The number of aliphatic carboxylic acids is 1. The van der Waals surface area contributed by atoms with E-state index in [1.807, 2.05) is 0 Å². The molecule has 0 atom stereocenters. The standard InChI is InChI=1S/C11H12F2O2/c12-11(13)9-6-4-8(5-7-9)2-1-3-10(14)15/h4-7,11H,1-3H2,(H,14,15). The average Bonchev–Trinajstić information content (AvgIpc) is 2.18. The Labute approximate surface area is 86.5 Å². The summed E-state index contributed by atoms with van der Waals surface area (Å²) in [6.45, 7) is 0. The Morgan fingerprint density at radius 1 is 1.27 bits per heavy atom. The van der Waals surface area contributed by atoms with E-state index in [1.54, 1.807) is 12.1 Å². The highest BCUT2D eigenvalue weighted by Crippen LogP contribution is 2.19. The molecule has 0 bridgehead atoms. The third-order valence-electron chi connectivity index (χ3n) is 2.09. The van der Waals surface area contributed by atoms with Gasteiger partial charge >= 0.3 is 5.97 Å². The van der Waals surface area contributed by atoms with Gasteiger partial charge in [0.1, 0.15) is 0 Å². The van der Waals surface area contributed by atoms with Crippen molar-refractivity contribution in [2.24, 2.45) is 0 Å². The van der Waals surface area contributed by atoms with Crippen LogP contribution in [0.15, 0.2) is 24.3 Å². The highest BCUT2D eigenvalue weighted by molar-refractivity contribution is 5.66. The fraction of sp³-hybridized carbons (Fsp3) is 0.364. The van der Waals surface area contributed by atoms with Crippen LogP contribution in [-0.2, 0) is 11.2 Å². The first-order valence-corrected chi connectivity index (χ1v) is 4.68. The van der Waals surface area contributed by atoms with E-state index in [0.29, 0.717) is 12.8 Å². The second-order valence-electron chi connectivity index (χ2n) is 3.29. The molecule has 0 aromatic heterocycles. The van der Waals surface area contributed by atoms with Crippen molar-refractivity contribution in [2.45, 2.75) is 25.7 Å². The molecule has 0 aliphatic rings. The lowest BCUT2D eigenvalue weighted by atomic mass is 10.1. The van der Waals surface area contributed by atoms with Crippen molar-refractivity contribution in [3.05, 3.63) is 35.4 Å². The number of carbonyl (C=O) groups is 1. The molecule has 0 radical (unpaired) electrons. The summed E-state index contributed by atoms with van der Waals surface area (Å²) < 4.78 is 24.4. The third-order valence-corrected chi connectivity index (χ3v) is 2.09. The minimum Gasteiger partial charge on any atom is -0.481 e. The Morgan fingerprint density at radius 3 is 2.33 bits per heavy atom. The van der Waals surface area contributed by atoms with Crippen LogP contribution in [-0.4, -0.2) is 11.1 Å². The molecule has 1 N–H and O–H groups in total. The van der Waals surface area contributed by atoms with Crippen molar-refractivity contribution in [3.8, 4) is 0 Å². The minimum absolute atomic E-state index is 0.00279. The van der Waals surface area contributed by atoms with Gasteiger partial charge in [0.05, 0.1) is 0 Å². The van der Waals surface area contributed by atoms with E-state index < -0.39 is 12.4 Å². The van der Waals surface area contributed by atoms with Gasteiger partial charge in [-0.15, -0.1) is 0 Å². The topological polar surface area (TPSA) is 37.3 Å². The largest absolute Gasteiger partial charge is 0.481 e. The van der Waals surface area contributed by atoms with E-state index in [2.05, 4.69) is 0 Å². The van der Waals surface area contributed by atoms with Crippen LogP contribution in [0.25, 0.3) is 0 Å². The molecule has 2 nitrogen and oxygen atoms in total. The van der Waals surface area contributed by atoms with E-state index in [9.17, 15) is 13.6 Å². The molecular weight excluding hydrogens is 202 g/mol. The van der Waals surface area contributed by atoms with Crippen molar-refractivity contribution in [1.29, 1.82) is 0 Å². The fourth-order valence-electron chi connectivity index (χ4n) is 1.27. The molecule has 0 fully saturated rings. The van der Waals surface area contributed by atoms with Crippen LogP contribution >= 0.6 is 0 Å². The van der Waals surface area contributed by atoms with Gasteiger partial charge in [-0.1, -0.05) is 24.3 Å². The van der Waals surface area contributed by atoms with Crippen molar-refractivity contribution in [3.63, 3.8) is 0 Å². The minimum atomic E-state index is -2.45. The highest BCUT2D eigenvalue weighted by atomic mass is 19.3. The Bertz CT molecular complexity index is 320. The molecule has 0 amide bonds. The fourth-order valence-corrected chi connectivity index (χ4v) is 1.27. The first-order chi connectivity index (χ1) is 7.09. The number of hydrogen-bond donors (Lipinski definition) is 1. The van der Waals surface area contributed by atoms with Gasteiger partial charge < -0.3 is 5.11 Å². The number of benzene rings is 1. The maximum atomic E-state index is 12.2. The SMILES string of the molecule is O=C(O)CCCc1ccc(C(F)F)cc1. The number of carboxylic acids is 1. The van der Waals surface area contributed by atoms with E-state index >= 15 is 0 Å². The zero-order valence-corrected chi connectivity index (χ0v) is 8.12. The van der Waals surface area contributed by atoms with Gasteiger partial charge in [-0.2, -0.15) is 0 Å². The van der Waals surface area contributed by atoms with Crippen LogP contribution < -0.4 is 0 Å². The van der Waals surface area contributed by atoms with Crippen LogP contribution in [0.3, 0.4) is 0 Å². The Hall–Kier alpha value is -1.45. The van der Waals surface area contributed by atoms with Crippen LogP contribution in [0.2, 0.25) is 0 Å². The molecule has 1 aromatic rings. The van der Waals surface area contributed by atoms with Crippen LogP contribution in [0, 0.1) is 0 Å². The summed E-state index contributed by atoms with van der Waals surface area (Å²) in [5.41, 5.74) is 0.887. The summed E-state index contributed by atoms with van der Waals surface area (Å²) in [5, 5.41) is 8.41. The molecular formula is C11H12F2O2. The monoisotopic (exact) mass is 214 g/mol. The van der Waals surface area contributed by atoms with Gasteiger partial charge in [-0.3, -0.25) is 4.79 Å². The predicted octanol–water partition coefficient (Wildman–Crippen LogP) is 3.03. The van der Waals surface area contributed by atoms with Gasteiger partial charge in [0.15, 0.2) is 0 Å². The summed E-state index contributed by atoms with van der Waals surface area (Å²) in [5.74, 6) is -0.834. The maximum absolute atomic E-state index is 12.2. The van der Waals surface area contributed by atoms with Crippen LogP contribution in [0.4, 0.5) is 8.78 Å². The van der Waals surface area contributed by atoms with Gasteiger partial charge in [0.2, 0.25) is 0 Å². The molecule has 0 unspecified atom stereocenters. The van der Waals surface area contributed by atoms with E-state index in [4.69, 9.17) is 5.11 Å². The van der Waals surface area contributed by atoms with Crippen molar-refractivity contribution < 1.29 is 18.7 Å². The molecule has 1 aromatic carbocycles. The normalized spacial score (nSPS) is 10.6. The molecule has 82 valence electrons. The number of halogens is 2. The highest BCUT2D eigenvalue weighted by Gasteiger charge is 2.05. The van der Waals surface area contributed by atoms with E-state index in [0.717, 1.165) is 5.56 Å². The number of carboxylic acid groups (broad SMARTS) is 1. The van der Waals surface area contributed by atoms with E-state index in [1.165, 1.54) is 12.1 Å². The lowest BCUT2D eigenvalue weighted by Gasteiger charge is -2.02. The third kappa shape index (κ3) is 4.06. The number of aryl methyl sites for hydroxylation is 1. The zero-order valence-electron chi connectivity index (χ0n) is 8.12. The summed E-state index contributed by atoms with van der Waals surface area (Å²) in [7, 11) is 0. The van der Waals surface area contributed by atoms with Gasteiger partial charge in [-0.25, -0.2) is 8.78 Å². The van der Waals surface area contributed by atoms with Gasteiger partial charge in [0, 0.05) is 12.0 Å². The molecule has 0 aliphatic carbocycles. The second kappa shape index (κ2) is 5.44. The lowest BCUT2D eigenvalue weighted by Crippen LogP contribution is -1.96. The maximum Gasteiger partial charge on any atom is 0.303 e. The number of hydrogen-bond acceptors (Lipinski definition) is 1. The first-order valence-electron chi connectivity index (χ1n) is 4.68. The lowest BCUT2D eigenvalue weighted by molar-refractivity contribution is -0.137. The smallest absolute Gasteiger partial charge is 0.303 e. The Balaban J connectivity index is 2.46. The molecule has 0 heterocycles. The van der Waals surface area contributed by atoms with E-state index in [-0.39, 0.29) is 12.0 Å². The Kier molecular flexibility index (Phi) is 4.21. The van der Waals surface area contributed by atoms with Crippen molar-refractivity contribution in [2.75, 3.05) is 0 Å². The second-order valence-corrected chi connectivity index (χ2v) is 3.29. The van der Waals surface area contributed by atoms with Crippen LogP contribution in [0.1, 0.15) is 30.4 Å².